The minimum absolute atomic E-state index is 0.0402. The molecule has 1 atom stereocenters. The molecule has 3 aromatic rings. The summed E-state index contributed by atoms with van der Waals surface area (Å²) in [6.07, 6.45) is -0.844. The molecule has 2 N–H and O–H groups in total. The Morgan fingerprint density at radius 1 is 1.00 bits per heavy atom. The number of carbonyl (C=O) groups is 2. The number of nitrogens with one attached hydrogen (secondary N) is 1. The lowest BCUT2D eigenvalue weighted by Gasteiger charge is -2.30. The number of morpholine rings is 1. The number of carboxylic acids is 1. The molecule has 1 heterocycles. The Morgan fingerprint density at radius 3 is 2.24 bits per heavy atom. The highest BCUT2D eigenvalue weighted by Gasteiger charge is 2.30. The fraction of sp³-hybridized carbons (Fsp3) is 0.286. The molecule has 0 aromatic heterocycles. The highest BCUT2D eigenvalue weighted by molar-refractivity contribution is 6.35. The van der Waals surface area contributed by atoms with E-state index in [4.69, 9.17) is 32.7 Å². The molecule has 9 heteroatoms. The van der Waals surface area contributed by atoms with E-state index < -0.39 is 18.1 Å². The molecule has 1 aliphatic carbocycles. The monoisotopic (exact) mass is 540 g/mol. The maximum Gasteiger partial charge on any atom is 0.407 e. The summed E-state index contributed by atoms with van der Waals surface area (Å²) < 4.78 is 10.9. The van der Waals surface area contributed by atoms with Gasteiger partial charge in [0.25, 0.3) is 0 Å². The number of amides is 1. The summed E-state index contributed by atoms with van der Waals surface area (Å²) in [6.45, 7) is 2.67. The van der Waals surface area contributed by atoms with Crippen LogP contribution in [0.1, 0.15) is 22.6 Å². The molecule has 0 spiro atoms. The normalized spacial score (nSPS) is 15.6. The summed E-state index contributed by atoms with van der Waals surface area (Å²) in [5.41, 5.74) is 5.68. The Balaban J connectivity index is 1.25. The lowest BCUT2D eigenvalue weighted by Crippen LogP contribution is -2.43. The average molecular weight is 541 g/mol. The number of halogens is 2. The van der Waals surface area contributed by atoms with E-state index in [-0.39, 0.29) is 18.9 Å². The third kappa shape index (κ3) is 5.39. The van der Waals surface area contributed by atoms with Crippen LogP contribution in [-0.2, 0) is 20.7 Å². The number of alkyl carbamates (subject to hydrolysis) is 1. The number of rotatable bonds is 7. The fourth-order valence-electron chi connectivity index (χ4n) is 4.98. The van der Waals surface area contributed by atoms with E-state index in [9.17, 15) is 14.7 Å². The van der Waals surface area contributed by atoms with Crippen LogP contribution in [0.4, 0.5) is 10.5 Å². The van der Waals surface area contributed by atoms with Crippen LogP contribution in [-0.4, -0.2) is 56.1 Å². The molecular weight excluding hydrogens is 515 g/mol. The summed E-state index contributed by atoms with van der Waals surface area (Å²) in [5, 5.41) is 13.1. The van der Waals surface area contributed by atoms with Gasteiger partial charge in [0, 0.05) is 30.5 Å². The molecule has 0 bridgehead atoms. The third-order valence-electron chi connectivity index (χ3n) is 6.83. The first-order chi connectivity index (χ1) is 17.9. The molecule has 1 aliphatic heterocycles. The van der Waals surface area contributed by atoms with Gasteiger partial charge in [-0.1, -0.05) is 71.7 Å². The molecule has 7 nitrogen and oxygen atoms in total. The van der Waals surface area contributed by atoms with Gasteiger partial charge < -0.3 is 24.8 Å². The van der Waals surface area contributed by atoms with Gasteiger partial charge in [-0.15, -0.1) is 0 Å². The third-order valence-corrected chi connectivity index (χ3v) is 7.48. The van der Waals surface area contributed by atoms with E-state index in [1.165, 1.54) is 0 Å². The lowest BCUT2D eigenvalue weighted by molar-refractivity contribution is -0.139. The quantitative estimate of drug-likeness (QED) is 0.419. The topological polar surface area (TPSA) is 88.1 Å². The van der Waals surface area contributed by atoms with Gasteiger partial charge in [-0.2, -0.15) is 0 Å². The number of anilines is 1. The van der Waals surface area contributed by atoms with Crippen LogP contribution in [0.5, 0.6) is 0 Å². The summed E-state index contributed by atoms with van der Waals surface area (Å²) in [5.74, 6) is -1.32. The van der Waals surface area contributed by atoms with Crippen molar-refractivity contribution in [2.24, 2.45) is 0 Å². The number of aliphatic carboxylic acids is 1. The van der Waals surface area contributed by atoms with Gasteiger partial charge in [-0.05, 0) is 39.9 Å². The second kappa shape index (κ2) is 11.0. The fourth-order valence-corrected chi connectivity index (χ4v) is 5.52. The first-order valence-corrected chi connectivity index (χ1v) is 12.8. The van der Waals surface area contributed by atoms with Gasteiger partial charge in [0.05, 0.1) is 23.9 Å². The molecule has 0 radical (unpaired) electrons. The highest BCUT2D eigenvalue weighted by atomic mass is 35.5. The van der Waals surface area contributed by atoms with Gasteiger partial charge in [0.15, 0.2) is 0 Å². The number of nitrogens with zero attached hydrogens (tertiary/aromatic N) is 1. The largest absolute Gasteiger partial charge is 0.480 e. The van der Waals surface area contributed by atoms with Gasteiger partial charge in [-0.3, -0.25) is 0 Å². The number of carboxylic acid groups (broad SMARTS) is 1. The van der Waals surface area contributed by atoms with Crippen LogP contribution < -0.4 is 10.2 Å². The Labute approximate surface area is 224 Å². The second-order valence-corrected chi connectivity index (χ2v) is 9.87. The van der Waals surface area contributed by atoms with Crippen LogP contribution in [0.2, 0.25) is 10.0 Å². The number of benzene rings is 3. The van der Waals surface area contributed by atoms with E-state index in [0.29, 0.717) is 41.9 Å². The van der Waals surface area contributed by atoms with E-state index in [1.807, 2.05) is 48.5 Å². The zero-order valence-corrected chi connectivity index (χ0v) is 21.5. The van der Waals surface area contributed by atoms with Crippen LogP contribution >= 0.6 is 23.2 Å². The number of hydrogen-bond donors (Lipinski definition) is 2. The zero-order chi connectivity index (χ0) is 25.9. The van der Waals surface area contributed by atoms with Gasteiger partial charge >= 0.3 is 12.1 Å². The van der Waals surface area contributed by atoms with Crippen molar-refractivity contribution in [3.63, 3.8) is 0 Å². The predicted molar refractivity (Wildman–Crippen MR) is 143 cm³/mol. The summed E-state index contributed by atoms with van der Waals surface area (Å²) in [6, 6.07) is 18.2. The number of hydrogen-bond acceptors (Lipinski definition) is 5. The van der Waals surface area contributed by atoms with Crippen LogP contribution in [0.15, 0.2) is 60.7 Å². The van der Waals surface area contributed by atoms with Gasteiger partial charge in [0.2, 0.25) is 0 Å². The van der Waals surface area contributed by atoms with Crippen molar-refractivity contribution in [2.75, 3.05) is 37.8 Å². The van der Waals surface area contributed by atoms with Crippen molar-refractivity contribution >= 4 is 41.0 Å². The Kier molecular flexibility index (Phi) is 7.55. The minimum atomic E-state index is -1.24. The molecule has 1 unspecified atom stereocenters. The number of carbonyl (C=O) groups excluding carboxylic acids is 1. The van der Waals surface area contributed by atoms with E-state index in [0.717, 1.165) is 27.9 Å². The SMILES string of the molecule is O=C(NC(Cc1cc(Cl)c(N2CCOCC2)cc1Cl)C(=O)O)OCC1c2ccccc2-c2ccccc21. The van der Waals surface area contributed by atoms with Crippen LogP contribution in [0.3, 0.4) is 0 Å². The summed E-state index contributed by atoms with van der Waals surface area (Å²) in [7, 11) is 0. The highest BCUT2D eigenvalue weighted by Crippen LogP contribution is 2.44. The molecule has 37 heavy (non-hydrogen) atoms. The minimum Gasteiger partial charge on any atom is -0.480 e. The van der Waals surface area contributed by atoms with Gasteiger partial charge in [-0.25, -0.2) is 9.59 Å². The smallest absolute Gasteiger partial charge is 0.407 e. The van der Waals surface area contributed by atoms with Crippen molar-refractivity contribution in [2.45, 2.75) is 18.4 Å². The molecule has 1 amide bonds. The predicted octanol–water partition coefficient (Wildman–Crippen LogP) is 5.36. The van der Waals surface area contributed by atoms with Crippen LogP contribution in [0.25, 0.3) is 11.1 Å². The number of fused-ring (bicyclic) bond motifs is 3. The maximum absolute atomic E-state index is 12.7. The van der Waals surface area contributed by atoms with Gasteiger partial charge in [0.1, 0.15) is 12.6 Å². The first kappa shape index (κ1) is 25.4. The second-order valence-electron chi connectivity index (χ2n) is 9.06. The standard InChI is InChI=1S/C28H26Cl2N2O5/c29-23-15-26(32-9-11-36-12-10-32)24(30)13-17(23)14-25(27(33)34)31-28(35)37-16-22-20-7-3-1-5-18(20)19-6-2-4-8-21(19)22/h1-8,13,15,22,25H,9-12,14,16H2,(H,31,35)(H,33,34). The van der Waals surface area contributed by atoms with Crippen molar-refractivity contribution < 1.29 is 24.2 Å². The Bertz CT molecular complexity index is 1280. The van der Waals surface area contributed by atoms with Crippen molar-refractivity contribution in [3.05, 3.63) is 87.4 Å². The molecule has 5 rings (SSSR count). The summed E-state index contributed by atoms with van der Waals surface area (Å²) >= 11 is 13.0. The Hall–Kier alpha value is -3.26. The van der Waals surface area contributed by atoms with E-state index in [1.54, 1.807) is 12.1 Å². The molecule has 3 aromatic carbocycles. The molecule has 1 saturated heterocycles. The lowest BCUT2D eigenvalue weighted by atomic mass is 9.98. The van der Waals surface area contributed by atoms with E-state index in [2.05, 4.69) is 10.2 Å². The molecule has 0 saturated carbocycles. The molecule has 2 aliphatic rings. The molecular formula is C28H26Cl2N2O5. The molecule has 1 fully saturated rings. The van der Waals surface area contributed by atoms with E-state index >= 15 is 0 Å². The Morgan fingerprint density at radius 2 is 1.62 bits per heavy atom. The van der Waals surface area contributed by atoms with Crippen molar-refractivity contribution in [1.29, 1.82) is 0 Å². The number of ether oxygens (including phenoxy) is 2. The van der Waals surface area contributed by atoms with Crippen molar-refractivity contribution in [1.82, 2.24) is 5.32 Å². The summed E-state index contributed by atoms with van der Waals surface area (Å²) in [4.78, 5) is 26.7. The first-order valence-electron chi connectivity index (χ1n) is 12.1. The van der Waals surface area contributed by atoms with Crippen molar-refractivity contribution in [3.8, 4) is 11.1 Å². The molecule has 192 valence electrons. The maximum atomic E-state index is 12.7. The average Bonchev–Trinajstić information content (AvgIpc) is 3.23. The van der Waals surface area contributed by atoms with Crippen LogP contribution in [0, 0.1) is 0 Å². The zero-order valence-electron chi connectivity index (χ0n) is 20.0.